The molecule has 0 aromatic rings. The molecule has 0 radical (unpaired) electrons. The molecule has 61 heavy (non-hydrogen) atoms. The molecule has 6 nitrogen and oxygen atoms in total. The van der Waals surface area contributed by atoms with Crippen molar-refractivity contribution in [1.29, 1.82) is 0 Å². The number of unbranched alkanes of at least 4 members (excludes halogenated alkanes) is 28. The maximum absolute atomic E-state index is 13.2. The first-order chi connectivity index (χ1) is 30.0. The van der Waals surface area contributed by atoms with Crippen molar-refractivity contribution in [2.24, 2.45) is 0 Å². The fourth-order valence-corrected chi connectivity index (χ4v) is 7.86. The molecule has 3 atom stereocenters. The number of esters is 1. The van der Waals surface area contributed by atoms with E-state index in [-0.39, 0.29) is 24.9 Å². The summed E-state index contributed by atoms with van der Waals surface area (Å²) in [6.07, 6.45) is 58.8. The lowest BCUT2D eigenvalue weighted by Crippen LogP contribution is -2.46. The minimum atomic E-state index is -0.794. The predicted molar refractivity (Wildman–Crippen MR) is 264 cm³/mol. The van der Waals surface area contributed by atoms with E-state index < -0.39 is 18.2 Å². The largest absolute Gasteiger partial charge is 0.462 e. The molecule has 6 heteroatoms. The van der Waals surface area contributed by atoms with Gasteiger partial charge in [0, 0.05) is 6.42 Å². The van der Waals surface area contributed by atoms with Gasteiger partial charge in [0.2, 0.25) is 5.91 Å². The molecule has 1 amide bonds. The second-order valence-electron chi connectivity index (χ2n) is 17.9. The first kappa shape index (κ1) is 58.8. The highest BCUT2D eigenvalue weighted by Crippen LogP contribution is 2.18. The lowest BCUT2D eigenvalue weighted by molar-refractivity contribution is -0.151. The van der Waals surface area contributed by atoms with Crippen LogP contribution in [0.25, 0.3) is 0 Å². The molecule has 0 aliphatic heterocycles. The van der Waals surface area contributed by atoms with Gasteiger partial charge in [-0.25, -0.2) is 0 Å². The van der Waals surface area contributed by atoms with E-state index in [2.05, 4.69) is 74.7 Å². The van der Waals surface area contributed by atoms with Gasteiger partial charge in [-0.3, -0.25) is 9.59 Å². The topological polar surface area (TPSA) is 95.9 Å². The van der Waals surface area contributed by atoms with Crippen molar-refractivity contribution < 1.29 is 24.5 Å². The summed E-state index contributed by atoms with van der Waals surface area (Å²) in [6.45, 7) is 6.42. The van der Waals surface area contributed by atoms with Gasteiger partial charge in [0.1, 0.15) is 6.10 Å². The van der Waals surface area contributed by atoms with Crippen molar-refractivity contribution in [2.45, 2.75) is 283 Å². The number of hydrogen-bond acceptors (Lipinski definition) is 5. The van der Waals surface area contributed by atoms with E-state index in [0.717, 1.165) is 89.9 Å². The first-order valence-corrected chi connectivity index (χ1v) is 26.4. The third kappa shape index (κ3) is 44.2. The van der Waals surface area contributed by atoms with Crippen molar-refractivity contribution in [3.8, 4) is 0 Å². The number of rotatable bonds is 47. The van der Waals surface area contributed by atoms with Crippen molar-refractivity contribution in [3.63, 3.8) is 0 Å². The van der Waals surface area contributed by atoms with Crippen molar-refractivity contribution in [1.82, 2.24) is 5.32 Å². The third-order valence-electron chi connectivity index (χ3n) is 11.9. The third-order valence-corrected chi connectivity index (χ3v) is 11.9. The van der Waals surface area contributed by atoms with Gasteiger partial charge in [-0.05, 0) is 83.5 Å². The Kier molecular flexibility index (Phi) is 47.1. The lowest BCUT2D eigenvalue weighted by Gasteiger charge is -2.24. The Labute approximate surface area is 378 Å². The molecule has 3 N–H and O–H groups in total. The van der Waals surface area contributed by atoms with Crippen LogP contribution in [0.2, 0.25) is 0 Å². The van der Waals surface area contributed by atoms with Crippen LogP contribution in [-0.2, 0) is 14.3 Å². The second-order valence-corrected chi connectivity index (χ2v) is 17.9. The zero-order chi connectivity index (χ0) is 44.5. The maximum Gasteiger partial charge on any atom is 0.306 e. The summed E-state index contributed by atoms with van der Waals surface area (Å²) in [6, 6.07) is -0.709. The van der Waals surface area contributed by atoms with E-state index in [0.29, 0.717) is 19.3 Å². The molecule has 0 aliphatic carbocycles. The van der Waals surface area contributed by atoms with Crippen molar-refractivity contribution in [2.75, 3.05) is 6.61 Å². The number of aliphatic hydroxyl groups is 2. The fourth-order valence-electron chi connectivity index (χ4n) is 7.86. The SMILES string of the molecule is CCCCC/C=C\C/C=C\CCCCCCCCCC(=O)OC(CCCCCC/C=C/C=C/CCCCC)CC(=O)NC(CO)C(O)CCCCCCCCCCCCCC. The number of aliphatic hydroxyl groups excluding tert-OH is 2. The van der Waals surface area contributed by atoms with E-state index in [1.165, 1.54) is 128 Å². The maximum atomic E-state index is 13.2. The molecule has 0 aromatic carbocycles. The van der Waals surface area contributed by atoms with Crippen LogP contribution in [0.15, 0.2) is 48.6 Å². The minimum Gasteiger partial charge on any atom is -0.462 e. The smallest absolute Gasteiger partial charge is 0.306 e. The summed E-state index contributed by atoms with van der Waals surface area (Å²) in [5, 5.41) is 23.8. The molecular formula is C55H101NO5. The van der Waals surface area contributed by atoms with Crippen LogP contribution in [0, 0.1) is 0 Å². The van der Waals surface area contributed by atoms with Crippen LogP contribution < -0.4 is 5.32 Å². The van der Waals surface area contributed by atoms with Crippen molar-refractivity contribution >= 4 is 11.9 Å². The summed E-state index contributed by atoms with van der Waals surface area (Å²) in [7, 11) is 0. The van der Waals surface area contributed by atoms with Crippen LogP contribution in [0.4, 0.5) is 0 Å². The summed E-state index contributed by atoms with van der Waals surface area (Å²) in [5.41, 5.74) is 0. The average molecular weight is 856 g/mol. The van der Waals surface area contributed by atoms with Gasteiger partial charge in [-0.1, -0.05) is 217 Å². The number of carbonyl (C=O) groups excluding carboxylic acids is 2. The Hall–Kier alpha value is -2.18. The van der Waals surface area contributed by atoms with Gasteiger partial charge in [0.05, 0.1) is 25.2 Å². The molecule has 0 saturated heterocycles. The summed E-state index contributed by atoms with van der Waals surface area (Å²) in [4.78, 5) is 26.2. The average Bonchev–Trinajstić information content (AvgIpc) is 3.25. The van der Waals surface area contributed by atoms with Gasteiger partial charge in [-0.2, -0.15) is 0 Å². The fraction of sp³-hybridized carbons (Fsp3) is 0.818. The number of amides is 1. The van der Waals surface area contributed by atoms with E-state index in [4.69, 9.17) is 4.74 Å². The Bertz CT molecular complexity index is 1050. The Morgan fingerprint density at radius 3 is 1.38 bits per heavy atom. The Morgan fingerprint density at radius 2 is 0.885 bits per heavy atom. The van der Waals surface area contributed by atoms with Gasteiger partial charge in [0.25, 0.3) is 0 Å². The number of ether oxygens (including phenoxy) is 1. The van der Waals surface area contributed by atoms with E-state index in [1.807, 2.05) is 0 Å². The van der Waals surface area contributed by atoms with Gasteiger partial charge >= 0.3 is 5.97 Å². The summed E-state index contributed by atoms with van der Waals surface area (Å²) in [5.74, 6) is -0.498. The van der Waals surface area contributed by atoms with Crippen LogP contribution in [0.3, 0.4) is 0 Å². The molecule has 3 unspecified atom stereocenters. The molecular weight excluding hydrogens is 755 g/mol. The highest BCUT2D eigenvalue weighted by Gasteiger charge is 2.24. The van der Waals surface area contributed by atoms with Crippen LogP contribution in [-0.4, -0.2) is 46.9 Å². The molecule has 0 heterocycles. The normalized spacial score (nSPS) is 13.6. The predicted octanol–water partition coefficient (Wildman–Crippen LogP) is 15.8. The molecule has 0 saturated carbocycles. The van der Waals surface area contributed by atoms with Gasteiger partial charge in [0.15, 0.2) is 0 Å². The number of carbonyl (C=O) groups is 2. The first-order valence-electron chi connectivity index (χ1n) is 26.4. The second kappa shape index (κ2) is 48.8. The summed E-state index contributed by atoms with van der Waals surface area (Å²) < 4.78 is 5.93. The standard InChI is InChI=1S/C55H101NO5/c1-4-7-10-13-16-19-22-25-26-27-28-30-33-36-39-42-45-48-55(60)61-51(46-43-40-37-34-31-29-23-20-17-14-11-8-5-2)49-54(59)56-52(50-57)53(58)47-44-41-38-35-32-24-21-18-15-12-9-6-3/h16-17,19-20,23,25-26,29,51-53,57-58H,4-15,18,21-22,24,27-28,30-50H2,1-3H3,(H,56,59)/b19-16-,20-17+,26-25-,29-23+. The zero-order valence-electron chi connectivity index (χ0n) is 40.5. The van der Waals surface area contributed by atoms with E-state index >= 15 is 0 Å². The molecule has 356 valence electrons. The van der Waals surface area contributed by atoms with Gasteiger partial charge < -0.3 is 20.3 Å². The van der Waals surface area contributed by atoms with Crippen LogP contribution in [0.1, 0.15) is 265 Å². The molecule has 0 fully saturated rings. The molecule has 0 rings (SSSR count). The highest BCUT2D eigenvalue weighted by atomic mass is 16.5. The molecule has 0 aliphatic rings. The van der Waals surface area contributed by atoms with Crippen LogP contribution >= 0.6 is 0 Å². The lowest BCUT2D eigenvalue weighted by atomic mass is 10.0. The van der Waals surface area contributed by atoms with Crippen molar-refractivity contribution in [3.05, 3.63) is 48.6 Å². The number of allylic oxidation sites excluding steroid dienone is 8. The molecule has 0 bridgehead atoms. The highest BCUT2D eigenvalue weighted by molar-refractivity contribution is 5.77. The monoisotopic (exact) mass is 856 g/mol. The summed E-state index contributed by atoms with van der Waals surface area (Å²) >= 11 is 0. The Morgan fingerprint density at radius 1 is 0.492 bits per heavy atom. The number of hydrogen-bond donors (Lipinski definition) is 3. The quantitative estimate of drug-likeness (QED) is 0.0245. The zero-order valence-corrected chi connectivity index (χ0v) is 40.5. The van der Waals surface area contributed by atoms with Gasteiger partial charge in [-0.15, -0.1) is 0 Å². The number of nitrogens with one attached hydrogen (secondary N) is 1. The molecule has 0 spiro atoms. The minimum absolute atomic E-state index is 0.0613. The van der Waals surface area contributed by atoms with Crippen LogP contribution in [0.5, 0.6) is 0 Å². The van der Waals surface area contributed by atoms with E-state index in [1.54, 1.807) is 0 Å². The van der Waals surface area contributed by atoms with E-state index in [9.17, 15) is 19.8 Å². The Balaban J connectivity index is 4.59. The molecule has 0 aromatic heterocycles.